The number of ether oxygens (including phenoxy) is 2. The number of rotatable bonds is 11. The molecular weight excluding hydrogens is 450 g/mol. The van der Waals surface area contributed by atoms with Gasteiger partial charge >= 0.3 is 0 Å². The van der Waals surface area contributed by atoms with Gasteiger partial charge < -0.3 is 36.1 Å². The molecule has 0 amide bonds. The number of methoxy groups -OCH3 is 1. The van der Waals surface area contributed by atoms with Crippen LogP contribution in [0.15, 0.2) is 42.9 Å². The molecule has 3 aromatic rings. The first-order chi connectivity index (χ1) is 16.4. The van der Waals surface area contributed by atoms with Crippen molar-refractivity contribution >= 4 is 34.7 Å². The van der Waals surface area contributed by atoms with E-state index in [0.29, 0.717) is 34.9 Å². The van der Waals surface area contributed by atoms with Crippen molar-refractivity contribution in [2.75, 3.05) is 37.0 Å². The maximum atomic E-state index is 5.98. The molecule has 6 N–H and O–H groups in total. The molecule has 1 unspecified atom stereocenters. The van der Waals surface area contributed by atoms with Crippen LogP contribution >= 0.6 is 12.2 Å². The third kappa shape index (κ3) is 7.24. The Morgan fingerprint density at radius 3 is 2.62 bits per heavy atom. The zero-order chi connectivity index (χ0) is 24.5. The van der Waals surface area contributed by atoms with Crippen molar-refractivity contribution < 1.29 is 9.47 Å². The van der Waals surface area contributed by atoms with Gasteiger partial charge in [0.1, 0.15) is 11.6 Å². The van der Waals surface area contributed by atoms with E-state index >= 15 is 0 Å². The van der Waals surface area contributed by atoms with E-state index in [4.69, 9.17) is 33.2 Å². The summed E-state index contributed by atoms with van der Waals surface area (Å²) in [6, 6.07) is 9.34. The van der Waals surface area contributed by atoms with E-state index in [1.807, 2.05) is 49.8 Å². The number of nitrogen functional groups attached to an aromatic ring is 2. The van der Waals surface area contributed by atoms with Crippen molar-refractivity contribution in [1.82, 2.24) is 19.9 Å². The van der Waals surface area contributed by atoms with Crippen LogP contribution < -0.4 is 31.6 Å². The second-order valence-corrected chi connectivity index (χ2v) is 8.53. The summed E-state index contributed by atoms with van der Waals surface area (Å²) in [6.07, 6.45) is 5.42. The van der Waals surface area contributed by atoms with Crippen LogP contribution in [0, 0.1) is 6.92 Å². The van der Waals surface area contributed by atoms with Gasteiger partial charge in [-0.15, -0.1) is 0 Å². The molecule has 0 aliphatic rings. The second kappa shape index (κ2) is 12.1. The van der Waals surface area contributed by atoms with Gasteiger partial charge in [-0.05, 0) is 67.7 Å². The first-order valence-electron chi connectivity index (χ1n) is 11.2. The number of aromatic nitrogens is 3. The molecule has 0 radical (unpaired) electrons. The number of hydrogen-bond donors (Lipinski definition) is 4. The molecule has 2 heterocycles. The SMILES string of the molecule is COc1cc(NC(=S)NCCCn2cncc2C)ccc1OCCC(C)c1cc(N)nc(N)c1. The fourth-order valence-corrected chi connectivity index (χ4v) is 3.73. The number of nitrogens with zero attached hydrogens (tertiary/aromatic N) is 3. The average molecular weight is 484 g/mol. The fraction of sp³-hybridized carbons (Fsp3) is 0.375. The Balaban J connectivity index is 1.45. The molecule has 0 aliphatic heterocycles. The number of pyridine rings is 1. The predicted molar refractivity (Wildman–Crippen MR) is 140 cm³/mol. The van der Waals surface area contributed by atoms with E-state index in [9.17, 15) is 0 Å². The molecule has 10 heteroatoms. The number of anilines is 3. The van der Waals surface area contributed by atoms with Gasteiger partial charge in [0.15, 0.2) is 16.6 Å². The van der Waals surface area contributed by atoms with Crippen LogP contribution in [0.2, 0.25) is 0 Å². The molecular formula is C24H33N7O2S. The van der Waals surface area contributed by atoms with Crippen LogP contribution in [0.3, 0.4) is 0 Å². The molecule has 1 atom stereocenters. The first kappa shape index (κ1) is 25.1. The Morgan fingerprint density at radius 1 is 1.18 bits per heavy atom. The molecule has 0 aliphatic carbocycles. The molecule has 0 spiro atoms. The highest BCUT2D eigenvalue weighted by Crippen LogP contribution is 2.31. The van der Waals surface area contributed by atoms with E-state index in [0.717, 1.165) is 42.9 Å². The highest BCUT2D eigenvalue weighted by Gasteiger charge is 2.11. The van der Waals surface area contributed by atoms with Crippen LogP contribution in [0.5, 0.6) is 11.5 Å². The zero-order valence-corrected chi connectivity index (χ0v) is 20.7. The number of imidazole rings is 1. The lowest BCUT2D eigenvalue weighted by molar-refractivity contribution is 0.282. The minimum atomic E-state index is 0.223. The Bertz CT molecular complexity index is 1080. The molecule has 0 fully saturated rings. The van der Waals surface area contributed by atoms with Crippen LogP contribution in [-0.2, 0) is 6.54 Å². The van der Waals surface area contributed by atoms with Gasteiger partial charge in [0.25, 0.3) is 0 Å². The van der Waals surface area contributed by atoms with Crippen LogP contribution in [0.1, 0.15) is 36.9 Å². The minimum absolute atomic E-state index is 0.223. The second-order valence-electron chi connectivity index (χ2n) is 8.12. The molecule has 2 aromatic heterocycles. The standard InChI is InChI=1S/C24H33N7O2S/c1-16(18-11-22(25)30-23(26)12-18)7-10-33-20-6-5-19(13-21(20)32-3)29-24(34)28-8-4-9-31-15-27-14-17(31)2/h5-6,11-16H,4,7-10H2,1-3H3,(H4,25,26,30)(H2,28,29,34). The van der Waals surface area contributed by atoms with Gasteiger partial charge in [-0.25, -0.2) is 9.97 Å². The summed E-state index contributed by atoms with van der Waals surface area (Å²) < 4.78 is 13.6. The molecule has 9 nitrogen and oxygen atoms in total. The third-order valence-corrected chi connectivity index (χ3v) is 5.71. The third-order valence-electron chi connectivity index (χ3n) is 5.47. The first-order valence-corrected chi connectivity index (χ1v) is 11.6. The van der Waals surface area contributed by atoms with Crippen LogP contribution in [0.4, 0.5) is 17.3 Å². The van der Waals surface area contributed by atoms with Crippen molar-refractivity contribution in [1.29, 1.82) is 0 Å². The number of benzene rings is 1. The molecule has 1 aromatic carbocycles. The van der Waals surface area contributed by atoms with Gasteiger partial charge in [0.2, 0.25) is 0 Å². The lowest BCUT2D eigenvalue weighted by atomic mass is 9.99. The number of aryl methyl sites for hydroxylation is 2. The number of thiocarbonyl (C=S) groups is 1. The molecule has 182 valence electrons. The van der Waals surface area contributed by atoms with Gasteiger partial charge in [-0.2, -0.15) is 0 Å². The number of nitrogens with two attached hydrogens (primary N) is 2. The van der Waals surface area contributed by atoms with Crippen molar-refractivity contribution in [2.45, 2.75) is 39.2 Å². The van der Waals surface area contributed by atoms with Gasteiger partial charge in [0.05, 0.1) is 20.0 Å². The van der Waals surface area contributed by atoms with Crippen molar-refractivity contribution in [3.63, 3.8) is 0 Å². The van der Waals surface area contributed by atoms with E-state index in [1.165, 1.54) is 0 Å². The lowest BCUT2D eigenvalue weighted by Crippen LogP contribution is -2.29. The Hall–Kier alpha value is -3.53. The smallest absolute Gasteiger partial charge is 0.170 e. The summed E-state index contributed by atoms with van der Waals surface area (Å²) >= 11 is 5.42. The largest absolute Gasteiger partial charge is 0.493 e. The quantitative estimate of drug-likeness (QED) is 0.238. The molecule has 0 bridgehead atoms. The minimum Gasteiger partial charge on any atom is -0.493 e. The topological polar surface area (TPSA) is 125 Å². The van der Waals surface area contributed by atoms with E-state index in [2.05, 4.69) is 32.1 Å². The normalized spacial score (nSPS) is 11.6. The lowest BCUT2D eigenvalue weighted by Gasteiger charge is -2.16. The Morgan fingerprint density at radius 2 is 1.94 bits per heavy atom. The summed E-state index contributed by atoms with van der Waals surface area (Å²) in [7, 11) is 1.62. The Labute approximate surface area is 205 Å². The van der Waals surface area contributed by atoms with Gasteiger partial charge in [-0.3, -0.25) is 0 Å². The summed E-state index contributed by atoms with van der Waals surface area (Å²) in [4.78, 5) is 8.15. The summed E-state index contributed by atoms with van der Waals surface area (Å²) in [5, 5.41) is 6.98. The van der Waals surface area contributed by atoms with Gasteiger partial charge in [0, 0.05) is 36.7 Å². The van der Waals surface area contributed by atoms with E-state index in [-0.39, 0.29) is 5.92 Å². The maximum Gasteiger partial charge on any atom is 0.170 e. The summed E-state index contributed by atoms with van der Waals surface area (Å²) in [5.74, 6) is 2.37. The Kier molecular flexibility index (Phi) is 8.92. The average Bonchev–Trinajstić information content (AvgIpc) is 3.21. The van der Waals surface area contributed by atoms with Gasteiger partial charge in [-0.1, -0.05) is 6.92 Å². The van der Waals surface area contributed by atoms with E-state index < -0.39 is 0 Å². The molecule has 34 heavy (non-hydrogen) atoms. The highest BCUT2D eigenvalue weighted by atomic mass is 32.1. The molecule has 0 saturated carbocycles. The number of nitrogens with one attached hydrogen (secondary N) is 2. The predicted octanol–water partition coefficient (Wildman–Crippen LogP) is 3.71. The van der Waals surface area contributed by atoms with Crippen LogP contribution in [-0.4, -0.2) is 39.9 Å². The fourth-order valence-electron chi connectivity index (χ4n) is 3.51. The maximum absolute atomic E-state index is 5.98. The van der Waals surface area contributed by atoms with Crippen molar-refractivity contribution in [3.05, 3.63) is 54.1 Å². The molecule has 3 rings (SSSR count). The van der Waals surface area contributed by atoms with Crippen LogP contribution in [0.25, 0.3) is 0 Å². The van der Waals surface area contributed by atoms with E-state index in [1.54, 1.807) is 7.11 Å². The summed E-state index contributed by atoms with van der Waals surface area (Å²) in [5.41, 5.74) is 14.6. The molecule has 0 saturated heterocycles. The van der Waals surface area contributed by atoms with Crippen molar-refractivity contribution in [3.8, 4) is 11.5 Å². The summed E-state index contributed by atoms with van der Waals surface area (Å²) in [6.45, 7) is 6.31. The highest BCUT2D eigenvalue weighted by molar-refractivity contribution is 7.80. The number of hydrogen-bond acceptors (Lipinski definition) is 7. The van der Waals surface area contributed by atoms with Crippen molar-refractivity contribution in [2.24, 2.45) is 0 Å². The zero-order valence-electron chi connectivity index (χ0n) is 19.9. The monoisotopic (exact) mass is 483 g/mol.